The molecule has 1 atom stereocenters. The van der Waals surface area contributed by atoms with Crippen LogP contribution in [-0.4, -0.2) is 57.1 Å². The van der Waals surface area contributed by atoms with Crippen LogP contribution in [0.4, 0.5) is 0 Å². The second kappa shape index (κ2) is 9.91. The van der Waals surface area contributed by atoms with E-state index in [0.29, 0.717) is 0 Å². The Morgan fingerprint density at radius 3 is 2.45 bits per heavy atom. The molecular formula is C26H28ClN5O. The van der Waals surface area contributed by atoms with E-state index >= 15 is 0 Å². The van der Waals surface area contributed by atoms with Gasteiger partial charge in [0.2, 0.25) is 0 Å². The number of pyridine rings is 1. The summed E-state index contributed by atoms with van der Waals surface area (Å²) in [6.07, 6.45) is 4.73. The minimum Gasteiger partial charge on any atom is -0.306 e. The monoisotopic (exact) mass is 461 g/mol. The van der Waals surface area contributed by atoms with E-state index in [-0.39, 0.29) is 11.7 Å². The largest absolute Gasteiger partial charge is 0.326 e. The first-order chi connectivity index (χ1) is 16.2. The van der Waals surface area contributed by atoms with Crippen LogP contribution in [0, 0.1) is 0 Å². The van der Waals surface area contributed by atoms with Gasteiger partial charge in [-0.1, -0.05) is 41.9 Å². The number of aromatic nitrogens is 3. The van der Waals surface area contributed by atoms with Crippen molar-refractivity contribution in [2.45, 2.75) is 19.0 Å². The molecule has 1 fully saturated rings. The van der Waals surface area contributed by atoms with E-state index in [1.807, 2.05) is 59.4 Å². The highest BCUT2D eigenvalue weighted by Gasteiger charge is 2.26. The fraction of sp³-hybridized carbons (Fsp3) is 0.308. The Morgan fingerprint density at radius 2 is 1.70 bits per heavy atom. The molecule has 1 saturated heterocycles. The standard InChI is InChI=1S/C26H28ClN5O/c27-22-10-8-20(9-11-22)25(21-5-3-12-28-19-21)31-17-15-30(16-18-31)13-4-14-32-24-7-2-1-6-23(24)29-26(32)33/h1-3,5-12,19,25H,4,13-18H2,(H,29,33). The Balaban J connectivity index is 1.21. The number of nitrogens with one attached hydrogen (secondary N) is 1. The highest BCUT2D eigenvalue weighted by Crippen LogP contribution is 2.30. The van der Waals surface area contributed by atoms with Crippen LogP contribution < -0.4 is 5.69 Å². The molecule has 4 aromatic rings. The van der Waals surface area contributed by atoms with E-state index in [4.69, 9.17) is 11.6 Å². The van der Waals surface area contributed by atoms with Crippen molar-refractivity contribution in [2.24, 2.45) is 0 Å². The number of halogens is 1. The number of imidazole rings is 1. The smallest absolute Gasteiger partial charge is 0.306 e. The molecule has 3 heterocycles. The zero-order chi connectivity index (χ0) is 22.6. The molecule has 1 aliphatic rings. The maximum Gasteiger partial charge on any atom is 0.326 e. The molecule has 1 N–H and O–H groups in total. The molecule has 7 heteroatoms. The Labute approximate surface area is 198 Å². The number of aromatic amines is 1. The minimum absolute atomic E-state index is 0.0247. The first-order valence-corrected chi connectivity index (χ1v) is 11.9. The van der Waals surface area contributed by atoms with Crippen molar-refractivity contribution in [2.75, 3.05) is 32.7 Å². The fourth-order valence-electron chi connectivity index (χ4n) is 4.82. The molecule has 170 valence electrons. The molecule has 2 aromatic heterocycles. The fourth-order valence-corrected chi connectivity index (χ4v) is 4.95. The number of hydrogen-bond donors (Lipinski definition) is 1. The van der Waals surface area contributed by atoms with Crippen LogP contribution in [0.25, 0.3) is 11.0 Å². The zero-order valence-electron chi connectivity index (χ0n) is 18.5. The first-order valence-electron chi connectivity index (χ1n) is 11.5. The average Bonchev–Trinajstić information content (AvgIpc) is 3.17. The second-order valence-electron chi connectivity index (χ2n) is 8.57. The van der Waals surface area contributed by atoms with Crippen LogP contribution >= 0.6 is 11.6 Å². The van der Waals surface area contributed by atoms with Crippen molar-refractivity contribution in [3.8, 4) is 0 Å². The molecule has 33 heavy (non-hydrogen) atoms. The lowest BCUT2D eigenvalue weighted by atomic mass is 9.97. The van der Waals surface area contributed by atoms with Gasteiger partial charge in [-0.15, -0.1) is 0 Å². The summed E-state index contributed by atoms with van der Waals surface area (Å²) in [5, 5.41) is 0.753. The van der Waals surface area contributed by atoms with Gasteiger partial charge in [0.15, 0.2) is 0 Å². The molecule has 0 amide bonds. The van der Waals surface area contributed by atoms with Gasteiger partial charge in [-0.05, 0) is 54.4 Å². The van der Waals surface area contributed by atoms with Gasteiger partial charge >= 0.3 is 5.69 Å². The zero-order valence-corrected chi connectivity index (χ0v) is 19.3. The van der Waals surface area contributed by atoms with Gasteiger partial charge in [0.05, 0.1) is 17.1 Å². The quantitative estimate of drug-likeness (QED) is 0.448. The third-order valence-corrected chi connectivity index (χ3v) is 6.75. The second-order valence-corrected chi connectivity index (χ2v) is 9.01. The van der Waals surface area contributed by atoms with E-state index in [2.05, 4.69) is 38.0 Å². The molecule has 0 saturated carbocycles. The predicted octanol–water partition coefficient (Wildman–Crippen LogP) is 4.18. The van der Waals surface area contributed by atoms with Crippen molar-refractivity contribution < 1.29 is 0 Å². The van der Waals surface area contributed by atoms with Crippen LogP contribution in [-0.2, 0) is 6.54 Å². The summed E-state index contributed by atoms with van der Waals surface area (Å²) in [6, 6.07) is 20.4. The Bertz CT molecular complexity index is 1240. The van der Waals surface area contributed by atoms with Crippen LogP contribution in [0.1, 0.15) is 23.6 Å². The number of H-pyrrole nitrogens is 1. The van der Waals surface area contributed by atoms with E-state index < -0.39 is 0 Å². The Morgan fingerprint density at radius 1 is 0.909 bits per heavy atom. The number of piperazine rings is 1. The van der Waals surface area contributed by atoms with Crippen LogP contribution in [0.5, 0.6) is 0 Å². The summed E-state index contributed by atoms with van der Waals surface area (Å²) in [5.74, 6) is 0. The number of rotatable bonds is 7. The highest BCUT2D eigenvalue weighted by molar-refractivity contribution is 6.30. The Kier molecular flexibility index (Phi) is 6.58. The van der Waals surface area contributed by atoms with Crippen LogP contribution in [0.2, 0.25) is 5.02 Å². The van der Waals surface area contributed by atoms with Crippen LogP contribution in [0.15, 0.2) is 77.9 Å². The summed E-state index contributed by atoms with van der Waals surface area (Å²) in [7, 11) is 0. The topological polar surface area (TPSA) is 57.2 Å². The van der Waals surface area contributed by atoms with E-state index in [1.165, 1.54) is 11.1 Å². The van der Waals surface area contributed by atoms with Gasteiger partial charge in [-0.25, -0.2) is 4.79 Å². The van der Waals surface area contributed by atoms with E-state index in [0.717, 1.165) is 61.7 Å². The SMILES string of the molecule is O=c1[nH]c2ccccc2n1CCCN1CCN(C(c2ccc(Cl)cc2)c2cccnc2)CC1. The third kappa shape index (κ3) is 4.88. The lowest BCUT2D eigenvalue weighted by molar-refractivity contribution is 0.107. The number of hydrogen-bond acceptors (Lipinski definition) is 4. The van der Waals surface area contributed by atoms with Gasteiger partial charge in [0, 0.05) is 50.1 Å². The number of aryl methyl sites for hydroxylation is 1. The maximum absolute atomic E-state index is 12.3. The van der Waals surface area contributed by atoms with Crippen molar-refractivity contribution in [1.82, 2.24) is 24.3 Å². The maximum atomic E-state index is 12.3. The summed E-state index contributed by atoms with van der Waals surface area (Å²) < 4.78 is 1.85. The van der Waals surface area contributed by atoms with E-state index in [9.17, 15) is 4.79 Å². The predicted molar refractivity (Wildman–Crippen MR) is 133 cm³/mol. The highest BCUT2D eigenvalue weighted by atomic mass is 35.5. The number of benzene rings is 2. The van der Waals surface area contributed by atoms with Crippen molar-refractivity contribution in [3.05, 3.63) is 99.7 Å². The lowest BCUT2D eigenvalue weighted by Crippen LogP contribution is -2.48. The van der Waals surface area contributed by atoms with Crippen LogP contribution in [0.3, 0.4) is 0 Å². The number of para-hydroxylation sites is 2. The van der Waals surface area contributed by atoms with Gasteiger partial charge in [-0.3, -0.25) is 14.5 Å². The first kappa shape index (κ1) is 21.9. The summed E-state index contributed by atoms with van der Waals surface area (Å²) in [4.78, 5) is 24.6. The third-order valence-electron chi connectivity index (χ3n) is 6.50. The summed E-state index contributed by atoms with van der Waals surface area (Å²) in [6.45, 7) is 5.69. The number of nitrogens with zero attached hydrogens (tertiary/aromatic N) is 4. The minimum atomic E-state index is -0.0247. The summed E-state index contributed by atoms with van der Waals surface area (Å²) >= 11 is 6.14. The van der Waals surface area contributed by atoms with Gasteiger partial charge in [-0.2, -0.15) is 0 Å². The van der Waals surface area contributed by atoms with E-state index in [1.54, 1.807) is 0 Å². The molecule has 2 aromatic carbocycles. The van der Waals surface area contributed by atoms with Gasteiger partial charge in [0.25, 0.3) is 0 Å². The average molecular weight is 462 g/mol. The molecule has 1 unspecified atom stereocenters. The Hall–Kier alpha value is -2.93. The van der Waals surface area contributed by atoms with Crippen molar-refractivity contribution in [3.63, 3.8) is 0 Å². The molecular weight excluding hydrogens is 434 g/mol. The summed E-state index contributed by atoms with van der Waals surface area (Å²) in [5.41, 5.74) is 4.30. The van der Waals surface area contributed by atoms with Crippen molar-refractivity contribution >= 4 is 22.6 Å². The molecule has 1 aliphatic heterocycles. The normalized spacial score (nSPS) is 16.3. The number of fused-ring (bicyclic) bond motifs is 1. The molecule has 0 spiro atoms. The van der Waals surface area contributed by atoms with Gasteiger partial charge in [0.1, 0.15) is 0 Å². The van der Waals surface area contributed by atoms with Gasteiger partial charge < -0.3 is 9.88 Å². The lowest BCUT2D eigenvalue weighted by Gasteiger charge is -2.39. The molecule has 5 rings (SSSR count). The molecule has 0 bridgehead atoms. The van der Waals surface area contributed by atoms with Crippen molar-refractivity contribution in [1.29, 1.82) is 0 Å². The molecule has 0 aliphatic carbocycles. The molecule has 6 nitrogen and oxygen atoms in total. The molecule has 0 radical (unpaired) electrons.